The van der Waals surface area contributed by atoms with E-state index in [0.717, 1.165) is 11.1 Å². The van der Waals surface area contributed by atoms with Crippen molar-refractivity contribution in [3.8, 4) is 0 Å². The van der Waals surface area contributed by atoms with E-state index in [9.17, 15) is 4.79 Å². The lowest BCUT2D eigenvalue weighted by Gasteiger charge is -2.11. The van der Waals surface area contributed by atoms with Crippen LogP contribution in [0, 0.1) is 0 Å². The summed E-state index contributed by atoms with van der Waals surface area (Å²) in [4.78, 5) is 10.6. The molecule has 0 spiro atoms. The number of hydrogen-bond acceptors (Lipinski definition) is 3. The van der Waals surface area contributed by atoms with Crippen LogP contribution in [0.3, 0.4) is 0 Å². The molecule has 0 amide bonds. The molecule has 2 aromatic rings. The molecule has 0 radical (unpaired) electrons. The molecule has 4 nitrogen and oxygen atoms in total. The van der Waals surface area contributed by atoms with Crippen molar-refractivity contribution in [2.45, 2.75) is 13.0 Å². The van der Waals surface area contributed by atoms with Gasteiger partial charge in [0, 0.05) is 5.69 Å². The maximum absolute atomic E-state index is 10.6. The number of nitrogens with one attached hydrogen (secondary N) is 2. The summed E-state index contributed by atoms with van der Waals surface area (Å²) in [7, 11) is 0. The van der Waals surface area contributed by atoms with Gasteiger partial charge in [0.15, 0.2) is 0 Å². The molecular formula is C14H16N2O2. The van der Waals surface area contributed by atoms with Crippen molar-refractivity contribution in [3.05, 3.63) is 42.5 Å². The van der Waals surface area contributed by atoms with Crippen LogP contribution < -0.4 is 10.6 Å². The Bertz CT molecular complexity index is 554. The van der Waals surface area contributed by atoms with Gasteiger partial charge in [-0.2, -0.15) is 0 Å². The summed E-state index contributed by atoms with van der Waals surface area (Å²) in [5, 5.41) is 17.1. The molecule has 0 saturated heterocycles. The van der Waals surface area contributed by atoms with Gasteiger partial charge in [0.05, 0.1) is 6.67 Å². The second-order valence-electron chi connectivity index (χ2n) is 4.18. The highest BCUT2D eigenvalue weighted by Crippen LogP contribution is 2.18. The minimum absolute atomic E-state index is 0.422. The third-order valence-corrected chi connectivity index (χ3v) is 2.82. The lowest BCUT2D eigenvalue weighted by Crippen LogP contribution is -2.36. The predicted octanol–water partition coefficient (Wildman–Crippen LogP) is 2.27. The van der Waals surface area contributed by atoms with Crippen LogP contribution in [0.4, 0.5) is 5.69 Å². The number of hydrogen-bond donors (Lipinski definition) is 3. The van der Waals surface area contributed by atoms with Crippen molar-refractivity contribution in [1.29, 1.82) is 0 Å². The van der Waals surface area contributed by atoms with Crippen LogP contribution in [0.1, 0.15) is 6.92 Å². The maximum atomic E-state index is 10.6. The van der Waals surface area contributed by atoms with Gasteiger partial charge in [0.1, 0.15) is 6.04 Å². The van der Waals surface area contributed by atoms with E-state index in [2.05, 4.69) is 16.7 Å². The van der Waals surface area contributed by atoms with Crippen LogP contribution in [-0.2, 0) is 4.79 Å². The van der Waals surface area contributed by atoms with Crippen LogP contribution in [0.15, 0.2) is 42.5 Å². The van der Waals surface area contributed by atoms with E-state index in [1.165, 1.54) is 5.39 Å². The molecule has 3 N–H and O–H groups in total. The Balaban J connectivity index is 1.98. The molecule has 2 aromatic carbocycles. The number of aliphatic carboxylic acids is 1. The quantitative estimate of drug-likeness (QED) is 0.706. The summed E-state index contributed by atoms with van der Waals surface area (Å²) in [6.45, 7) is 2.04. The number of carbonyl (C=O) groups is 1. The molecular weight excluding hydrogens is 228 g/mol. The van der Waals surface area contributed by atoms with Crippen molar-refractivity contribution >= 4 is 22.4 Å². The second kappa shape index (κ2) is 5.51. The molecule has 94 valence electrons. The third-order valence-electron chi connectivity index (χ3n) is 2.82. The fraction of sp³-hybridized carbons (Fsp3) is 0.214. The Morgan fingerprint density at radius 2 is 1.94 bits per heavy atom. The summed E-state index contributed by atoms with van der Waals surface area (Å²) in [6.07, 6.45) is 0. The Morgan fingerprint density at radius 1 is 1.22 bits per heavy atom. The molecule has 0 aromatic heterocycles. The van der Waals surface area contributed by atoms with E-state index in [0.29, 0.717) is 6.67 Å². The van der Waals surface area contributed by atoms with E-state index in [-0.39, 0.29) is 0 Å². The molecule has 0 aliphatic heterocycles. The Morgan fingerprint density at radius 3 is 2.67 bits per heavy atom. The van der Waals surface area contributed by atoms with Gasteiger partial charge in [-0.1, -0.05) is 30.3 Å². The van der Waals surface area contributed by atoms with E-state index in [1.54, 1.807) is 6.92 Å². The summed E-state index contributed by atoms with van der Waals surface area (Å²) >= 11 is 0. The average Bonchev–Trinajstić information content (AvgIpc) is 2.38. The SMILES string of the molecule is CC(NCNc1ccc2ccccc2c1)C(=O)O. The van der Waals surface area contributed by atoms with Gasteiger partial charge < -0.3 is 10.4 Å². The van der Waals surface area contributed by atoms with E-state index >= 15 is 0 Å². The monoisotopic (exact) mass is 244 g/mol. The predicted molar refractivity (Wildman–Crippen MR) is 72.7 cm³/mol. The highest BCUT2D eigenvalue weighted by molar-refractivity contribution is 5.85. The standard InChI is InChI=1S/C14H16N2O2/c1-10(14(17)18)15-9-16-13-7-6-11-4-2-3-5-12(11)8-13/h2-8,10,15-16H,9H2,1H3,(H,17,18). The average molecular weight is 244 g/mol. The fourth-order valence-corrected chi connectivity index (χ4v) is 1.69. The first kappa shape index (κ1) is 12.4. The molecule has 2 rings (SSSR count). The van der Waals surface area contributed by atoms with E-state index in [1.807, 2.05) is 36.4 Å². The van der Waals surface area contributed by atoms with Crippen molar-refractivity contribution in [1.82, 2.24) is 5.32 Å². The maximum Gasteiger partial charge on any atom is 0.320 e. The van der Waals surface area contributed by atoms with Crippen LogP contribution in [0.5, 0.6) is 0 Å². The van der Waals surface area contributed by atoms with Crippen molar-refractivity contribution in [3.63, 3.8) is 0 Å². The van der Waals surface area contributed by atoms with Crippen molar-refractivity contribution in [2.75, 3.05) is 12.0 Å². The topological polar surface area (TPSA) is 61.4 Å². The van der Waals surface area contributed by atoms with E-state index < -0.39 is 12.0 Å². The largest absolute Gasteiger partial charge is 0.480 e. The van der Waals surface area contributed by atoms with Gasteiger partial charge in [-0.05, 0) is 29.8 Å². The van der Waals surface area contributed by atoms with Gasteiger partial charge in [-0.15, -0.1) is 0 Å². The van der Waals surface area contributed by atoms with E-state index in [4.69, 9.17) is 5.11 Å². The zero-order chi connectivity index (χ0) is 13.0. The smallest absolute Gasteiger partial charge is 0.320 e. The molecule has 0 aliphatic rings. The third kappa shape index (κ3) is 2.99. The normalized spacial score (nSPS) is 12.3. The lowest BCUT2D eigenvalue weighted by molar-refractivity contribution is -0.138. The minimum atomic E-state index is -0.852. The van der Waals surface area contributed by atoms with Crippen LogP contribution in [0.2, 0.25) is 0 Å². The Hall–Kier alpha value is -2.07. The van der Waals surface area contributed by atoms with Crippen LogP contribution in [-0.4, -0.2) is 23.8 Å². The van der Waals surface area contributed by atoms with Gasteiger partial charge in [-0.25, -0.2) is 0 Å². The molecule has 1 atom stereocenters. The number of rotatable bonds is 5. The van der Waals surface area contributed by atoms with Gasteiger partial charge >= 0.3 is 5.97 Å². The fourth-order valence-electron chi connectivity index (χ4n) is 1.69. The lowest BCUT2D eigenvalue weighted by atomic mass is 10.1. The first-order valence-corrected chi connectivity index (χ1v) is 5.85. The summed E-state index contributed by atoms with van der Waals surface area (Å²) in [6, 6.07) is 13.6. The summed E-state index contributed by atoms with van der Waals surface area (Å²) < 4.78 is 0. The first-order valence-electron chi connectivity index (χ1n) is 5.85. The number of anilines is 1. The zero-order valence-corrected chi connectivity index (χ0v) is 10.2. The summed E-state index contributed by atoms with van der Waals surface area (Å²) in [5.41, 5.74) is 0.971. The number of carboxylic acids is 1. The molecule has 0 aliphatic carbocycles. The van der Waals surface area contributed by atoms with Gasteiger partial charge in [0.25, 0.3) is 0 Å². The summed E-state index contributed by atoms with van der Waals surface area (Å²) in [5.74, 6) is -0.852. The number of fused-ring (bicyclic) bond motifs is 1. The molecule has 4 heteroatoms. The van der Waals surface area contributed by atoms with Gasteiger partial charge in [-0.3, -0.25) is 10.1 Å². The highest BCUT2D eigenvalue weighted by Gasteiger charge is 2.08. The number of benzene rings is 2. The highest BCUT2D eigenvalue weighted by atomic mass is 16.4. The second-order valence-corrected chi connectivity index (χ2v) is 4.18. The van der Waals surface area contributed by atoms with Crippen LogP contribution in [0.25, 0.3) is 10.8 Å². The molecule has 0 bridgehead atoms. The molecule has 0 fully saturated rings. The molecule has 1 unspecified atom stereocenters. The Labute approximate surface area is 106 Å². The molecule has 0 heterocycles. The molecule has 0 saturated carbocycles. The number of carboxylic acid groups (broad SMARTS) is 1. The van der Waals surface area contributed by atoms with Gasteiger partial charge in [0.2, 0.25) is 0 Å². The molecule has 18 heavy (non-hydrogen) atoms. The first-order chi connectivity index (χ1) is 8.66. The Kier molecular flexibility index (Phi) is 3.79. The van der Waals surface area contributed by atoms with Crippen LogP contribution >= 0.6 is 0 Å². The zero-order valence-electron chi connectivity index (χ0n) is 10.2. The minimum Gasteiger partial charge on any atom is -0.480 e. The van der Waals surface area contributed by atoms with Crippen molar-refractivity contribution < 1.29 is 9.90 Å². The van der Waals surface area contributed by atoms with Crippen molar-refractivity contribution in [2.24, 2.45) is 0 Å².